The number of carbonyl (C=O) groups excluding carboxylic acids is 1. The minimum Gasteiger partial charge on any atom is -0.455 e. The fourth-order valence-corrected chi connectivity index (χ4v) is 1.31. The number of hydrogen-bond acceptors (Lipinski definition) is 3. The number of carbonyl (C=O) groups is 1. The summed E-state index contributed by atoms with van der Waals surface area (Å²) in [5.41, 5.74) is 1.80. The smallest absolute Gasteiger partial charge is 0.374 e. The number of aromatic amines is 1. The lowest BCUT2D eigenvalue weighted by Gasteiger charge is -2.02. The topological polar surface area (TPSA) is 55.0 Å². The van der Waals surface area contributed by atoms with Crippen LogP contribution >= 0.6 is 0 Å². The van der Waals surface area contributed by atoms with Crippen molar-refractivity contribution in [2.45, 2.75) is 13.5 Å². The molecule has 16 heavy (non-hydrogen) atoms. The van der Waals surface area contributed by atoms with Gasteiger partial charge >= 0.3 is 5.97 Å². The first-order chi connectivity index (χ1) is 7.75. The molecule has 0 fully saturated rings. The van der Waals surface area contributed by atoms with Gasteiger partial charge < -0.3 is 9.72 Å². The lowest BCUT2D eigenvalue weighted by Crippen LogP contribution is -2.07. The Kier molecular flexibility index (Phi) is 3.00. The molecule has 0 aliphatic heterocycles. The summed E-state index contributed by atoms with van der Waals surface area (Å²) in [4.78, 5) is 18.2. The SMILES string of the molecule is Cc1cnc(C(=O)OCc2ccccc2)[nH]1. The van der Waals surface area contributed by atoms with Crippen molar-refractivity contribution in [3.8, 4) is 0 Å². The average Bonchev–Trinajstić information content (AvgIpc) is 2.74. The van der Waals surface area contributed by atoms with Crippen LogP contribution in [0, 0.1) is 6.92 Å². The summed E-state index contributed by atoms with van der Waals surface area (Å²) >= 11 is 0. The summed E-state index contributed by atoms with van der Waals surface area (Å²) in [6.07, 6.45) is 1.60. The van der Waals surface area contributed by atoms with Gasteiger partial charge in [-0.3, -0.25) is 0 Å². The van der Waals surface area contributed by atoms with E-state index in [1.54, 1.807) is 6.20 Å². The molecule has 1 heterocycles. The van der Waals surface area contributed by atoms with Gasteiger partial charge in [-0.1, -0.05) is 30.3 Å². The number of hydrogen-bond donors (Lipinski definition) is 1. The molecule has 2 rings (SSSR count). The monoisotopic (exact) mass is 216 g/mol. The molecule has 1 N–H and O–H groups in total. The van der Waals surface area contributed by atoms with Gasteiger partial charge in [0, 0.05) is 11.9 Å². The highest BCUT2D eigenvalue weighted by Crippen LogP contribution is 2.03. The molecule has 0 aliphatic rings. The van der Waals surface area contributed by atoms with Crippen molar-refractivity contribution in [1.82, 2.24) is 9.97 Å². The maximum absolute atomic E-state index is 11.5. The van der Waals surface area contributed by atoms with Crippen LogP contribution in [0.2, 0.25) is 0 Å². The van der Waals surface area contributed by atoms with Crippen molar-refractivity contribution in [2.75, 3.05) is 0 Å². The summed E-state index contributed by atoms with van der Waals surface area (Å²) in [6, 6.07) is 9.53. The molecule has 0 bridgehead atoms. The van der Waals surface area contributed by atoms with Crippen molar-refractivity contribution in [1.29, 1.82) is 0 Å². The zero-order valence-electron chi connectivity index (χ0n) is 8.93. The molecule has 0 aliphatic carbocycles. The first-order valence-corrected chi connectivity index (χ1v) is 4.98. The molecule has 1 aromatic heterocycles. The maximum atomic E-state index is 11.5. The molecular weight excluding hydrogens is 204 g/mol. The summed E-state index contributed by atoms with van der Waals surface area (Å²) in [6.45, 7) is 2.10. The third-order valence-corrected chi connectivity index (χ3v) is 2.11. The normalized spacial score (nSPS) is 10.1. The first-order valence-electron chi connectivity index (χ1n) is 4.98. The van der Waals surface area contributed by atoms with Crippen LogP contribution in [0.3, 0.4) is 0 Å². The molecule has 4 nitrogen and oxygen atoms in total. The Morgan fingerprint density at radius 3 is 2.75 bits per heavy atom. The van der Waals surface area contributed by atoms with Crippen molar-refractivity contribution in [2.24, 2.45) is 0 Å². The number of H-pyrrole nitrogens is 1. The van der Waals surface area contributed by atoms with Gasteiger partial charge in [-0.2, -0.15) is 0 Å². The van der Waals surface area contributed by atoms with E-state index in [-0.39, 0.29) is 12.4 Å². The second kappa shape index (κ2) is 4.61. The van der Waals surface area contributed by atoms with Gasteiger partial charge in [0.25, 0.3) is 0 Å². The molecule has 0 unspecified atom stereocenters. The van der Waals surface area contributed by atoms with Crippen LogP contribution in [-0.2, 0) is 11.3 Å². The minimum atomic E-state index is -0.433. The highest BCUT2D eigenvalue weighted by atomic mass is 16.5. The highest BCUT2D eigenvalue weighted by Gasteiger charge is 2.10. The summed E-state index contributed by atoms with van der Waals surface area (Å²) in [5.74, 6) is -0.189. The van der Waals surface area contributed by atoms with Gasteiger partial charge in [0.1, 0.15) is 6.61 Å². The van der Waals surface area contributed by atoms with Crippen LogP contribution in [0.15, 0.2) is 36.5 Å². The van der Waals surface area contributed by atoms with Gasteiger partial charge in [0.05, 0.1) is 0 Å². The number of aryl methyl sites for hydroxylation is 1. The number of nitrogens with zero attached hydrogens (tertiary/aromatic N) is 1. The Hall–Kier alpha value is -2.10. The third-order valence-electron chi connectivity index (χ3n) is 2.11. The standard InChI is InChI=1S/C12H12N2O2/c1-9-7-13-11(14-9)12(15)16-8-10-5-3-2-4-6-10/h2-7H,8H2,1H3,(H,13,14). The zero-order valence-corrected chi connectivity index (χ0v) is 8.93. The quantitative estimate of drug-likeness (QED) is 0.799. The molecule has 0 saturated carbocycles. The van der Waals surface area contributed by atoms with E-state index in [2.05, 4.69) is 9.97 Å². The first kappa shape index (κ1) is 10.4. The molecule has 0 radical (unpaired) electrons. The van der Waals surface area contributed by atoms with Crippen molar-refractivity contribution in [3.63, 3.8) is 0 Å². The fraction of sp³-hybridized carbons (Fsp3) is 0.167. The molecular formula is C12H12N2O2. The van der Waals surface area contributed by atoms with E-state index in [9.17, 15) is 4.79 Å². The van der Waals surface area contributed by atoms with Gasteiger partial charge in [0.15, 0.2) is 0 Å². The van der Waals surface area contributed by atoms with Gasteiger partial charge in [-0.05, 0) is 12.5 Å². The Balaban J connectivity index is 1.94. The van der Waals surface area contributed by atoms with E-state index in [4.69, 9.17) is 4.74 Å². The van der Waals surface area contributed by atoms with Crippen LogP contribution in [0.1, 0.15) is 21.9 Å². The van der Waals surface area contributed by atoms with E-state index in [0.29, 0.717) is 0 Å². The summed E-state index contributed by atoms with van der Waals surface area (Å²) < 4.78 is 5.09. The molecule has 0 saturated heterocycles. The van der Waals surface area contributed by atoms with Gasteiger partial charge in [0.2, 0.25) is 5.82 Å². The largest absolute Gasteiger partial charge is 0.455 e. The van der Waals surface area contributed by atoms with Crippen LogP contribution in [0.25, 0.3) is 0 Å². The number of aromatic nitrogens is 2. The zero-order chi connectivity index (χ0) is 11.4. The van der Waals surface area contributed by atoms with Crippen molar-refractivity contribution < 1.29 is 9.53 Å². The van der Waals surface area contributed by atoms with Crippen LogP contribution < -0.4 is 0 Å². The second-order valence-electron chi connectivity index (χ2n) is 3.48. The summed E-state index contributed by atoms with van der Waals surface area (Å²) in [5, 5.41) is 0. The van der Waals surface area contributed by atoms with Crippen LogP contribution in [0.4, 0.5) is 0 Å². The van der Waals surface area contributed by atoms with Crippen molar-refractivity contribution in [3.05, 3.63) is 53.6 Å². The maximum Gasteiger partial charge on any atom is 0.374 e. The van der Waals surface area contributed by atoms with Crippen molar-refractivity contribution >= 4 is 5.97 Å². The Morgan fingerprint density at radius 2 is 2.12 bits per heavy atom. The fourth-order valence-electron chi connectivity index (χ4n) is 1.31. The number of benzene rings is 1. The number of esters is 1. The van der Waals surface area contributed by atoms with E-state index < -0.39 is 5.97 Å². The molecule has 2 aromatic rings. The lowest BCUT2D eigenvalue weighted by molar-refractivity contribution is 0.0459. The Bertz CT molecular complexity index is 477. The highest BCUT2D eigenvalue weighted by molar-refractivity contribution is 5.85. The predicted molar refractivity (Wildman–Crippen MR) is 58.9 cm³/mol. The average molecular weight is 216 g/mol. The number of nitrogens with one attached hydrogen (secondary N) is 1. The predicted octanol–water partition coefficient (Wildman–Crippen LogP) is 2.08. The van der Waals surface area contributed by atoms with E-state index >= 15 is 0 Å². The Morgan fingerprint density at radius 1 is 1.38 bits per heavy atom. The molecule has 0 amide bonds. The molecule has 4 heteroatoms. The Labute approximate surface area is 93.3 Å². The van der Waals surface area contributed by atoms with Crippen LogP contribution in [0.5, 0.6) is 0 Å². The molecule has 1 aromatic carbocycles. The third kappa shape index (κ3) is 2.48. The number of rotatable bonds is 3. The summed E-state index contributed by atoms with van der Waals surface area (Å²) in [7, 11) is 0. The molecule has 0 spiro atoms. The van der Waals surface area contributed by atoms with Gasteiger partial charge in [-0.15, -0.1) is 0 Å². The van der Waals surface area contributed by atoms with Gasteiger partial charge in [-0.25, -0.2) is 9.78 Å². The van der Waals surface area contributed by atoms with E-state index in [1.165, 1.54) is 0 Å². The number of imidazole rings is 1. The molecule has 82 valence electrons. The number of ether oxygens (including phenoxy) is 1. The van der Waals surface area contributed by atoms with E-state index in [0.717, 1.165) is 11.3 Å². The minimum absolute atomic E-state index is 0.244. The second-order valence-corrected chi connectivity index (χ2v) is 3.48. The van der Waals surface area contributed by atoms with E-state index in [1.807, 2.05) is 37.3 Å². The lowest BCUT2D eigenvalue weighted by atomic mass is 10.2. The molecule has 0 atom stereocenters. The van der Waals surface area contributed by atoms with Crippen LogP contribution in [-0.4, -0.2) is 15.9 Å².